The third-order valence-corrected chi connectivity index (χ3v) is 6.96. The molecule has 0 aliphatic carbocycles. The summed E-state index contributed by atoms with van der Waals surface area (Å²) in [6, 6.07) is 12.7. The Morgan fingerprint density at radius 3 is 2.34 bits per heavy atom. The Morgan fingerprint density at radius 1 is 0.955 bits per heavy atom. The van der Waals surface area contributed by atoms with Crippen molar-refractivity contribution in [2.75, 3.05) is 38.0 Å². The monoisotopic (exact) mass is 617 g/mol. The number of halogens is 3. The van der Waals surface area contributed by atoms with Crippen molar-refractivity contribution in [1.82, 2.24) is 15.1 Å². The number of hydrogen-bond acceptors (Lipinski definition) is 5. The first-order valence-corrected chi connectivity index (χ1v) is 14.2. The van der Waals surface area contributed by atoms with Crippen molar-refractivity contribution in [2.24, 2.45) is 16.5 Å². The van der Waals surface area contributed by atoms with Crippen LogP contribution in [-0.4, -0.2) is 84.3 Å². The van der Waals surface area contributed by atoms with Gasteiger partial charge in [-0.25, -0.2) is 0 Å². The maximum absolute atomic E-state index is 13.9. The molecule has 44 heavy (non-hydrogen) atoms. The van der Waals surface area contributed by atoms with Crippen LogP contribution < -0.4 is 22.1 Å². The summed E-state index contributed by atoms with van der Waals surface area (Å²) < 4.78 is 40.5. The highest BCUT2D eigenvalue weighted by molar-refractivity contribution is 5.97. The van der Waals surface area contributed by atoms with E-state index in [1.165, 1.54) is 6.07 Å². The van der Waals surface area contributed by atoms with Crippen molar-refractivity contribution in [3.63, 3.8) is 0 Å². The summed E-state index contributed by atoms with van der Waals surface area (Å²) in [6.45, 7) is -1.09. The molecule has 4 amide bonds. The quantitative estimate of drug-likeness (QED) is 0.191. The van der Waals surface area contributed by atoms with E-state index in [1.807, 2.05) is 31.2 Å². The summed E-state index contributed by atoms with van der Waals surface area (Å²) >= 11 is 0. The number of aliphatic imine (C=N–C) groups is 1. The molecule has 0 saturated heterocycles. The summed E-state index contributed by atoms with van der Waals surface area (Å²) in [5.41, 5.74) is 13.2. The molecule has 0 saturated carbocycles. The maximum atomic E-state index is 13.9. The molecule has 238 valence electrons. The van der Waals surface area contributed by atoms with Crippen molar-refractivity contribution < 1.29 is 32.3 Å². The van der Waals surface area contributed by atoms with Crippen LogP contribution in [-0.2, 0) is 32.0 Å². The standard InChI is InChI=1S/C30H38F3N7O4/c1-20-9-11-21(12-10-20)13-15-39-18-27(43)40(19-30(31,32)33)17-26(42)37-23-7-3-2-6-22(23)16-25(41)38-24(28(39)44)8-4-5-14-36-29(34)35/h2-3,6-7,9-12,24H,4-5,8,13-19H2,1H3,(H,37,42)(H,38,41)(H4,34,35,36)/t24-/m0/s1. The number of nitrogens with two attached hydrogens (primary N) is 2. The molecule has 1 heterocycles. The number of para-hydroxylation sites is 1. The summed E-state index contributed by atoms with van der Waals surface area (Å²) in [4.78, 5) is 58.7. The number of hydrogen-bond donors (Lipinski definition) is 4. The Morgan fingerprint density at radius 2 is 1.66 bits per heavy atom. The second-order valence-corrected chi connectivity index (χ2v) is 10.7. The van der Waals surface area contributed by atoms with Gasteiger partial charge in [0.05, 0.1) is 13.0 Å². The van der Waals surface area contributed by atoms with Crippen LogP contribution in [0, 0.1) is 6.92 Å². The predicted octanol–water partition coefficient (Wildman–Crippen LogP) is 1.88. The molecule has 0 unspecified atom stereocenters. The van der Waals surface area contributed by atoms with Crippen LogP contribution >= 0.6 is 0 Å². The fourth-order valence-electron chi connectivity index (χ4n) is 4.72. The first-order valence-electron chi connectivity index (χ1n) is 14.2. The number of rotatable bonds is 9. The largest absolute Gasteiger partial charge is 0.406 e. The summed E-state index contributed by atoms with van der Waals surface area (Å²) in [6.07, 6.45) is -3.60. The number of unbranched alkanes of at least 4 members (excludes halogenated alkanes) is 1. The number of carbonyl (C=O) groups is 4. The van der Waals surface area contributed by atoms with Gasteiger partial charge < -0.3 is 31.9 Å². The van der Waals surface area contributed by atoms with Crippen LogP contribution in [0.5, 0.6) is 0 Å². The van der Waals surface area contributed by atoms with E-state index >= 15 is 0 Å². The lowest BCUT2D eigenvalue weighted by Crippen LogP contribution is -2.54. The molecule has 6 N–H and O–H groups in total. The second-order valence-electron chi connectivity index (χ2n) is 10.7. The van der Waals surface area contributed by atoms with Crippen molar-refractivity contribution in [2.45, 2.75) is 51.2 Å². The number of aryl methyl sites for hydroxylation is 1. The zero-order chi connectivity index (χ0) is 32.3. The molecule has 0 spiro atoms. The summed E-state index contributed by atoms with van der Waals surface area (Å²) in [5.74, 6) is -3.14. The smallest absolute Gasteiger partial charge is 0.370 e. The molecule has 2 aromatic carbocycles. The minimum atomic E-state index is -4.79. The Hall–Kier alpha value is -4.62. The van der Waals surface area contributed by atoms with Gasteiger partial charge >= 0.3 is 6.18 Å². The van der Waals surface area contributed by atoms with E-state index in [0.717, 1.165) is 16.0 Å². The third-order valence-electron chi connectivity index (χ3n) is 6.96. The van der Waals surface area contributed by atoms with Crippen molar-refractivity contribution in [3.8, 4) is 0 Å². The van der Waals surface area contributed by atoms with Gasteiger partial charge in [0.25, 0.3) is 0 Å². The Kier molecular flexibility index (Phi) is 12.1. The van der Waals surface area contributed by atoms with Gasteiger partial charge in [-0.15, -0.1) is 0 Å². The first-order chi connectivity index (χ1) is 20.8. The molecule has 1 aliphatic rings. The molecular weight excluding hydrogens is 579 g/mol. The number of nitrogens with zero attached hydrogens (tertiary/aromatic N) is 3. The van der Waals surface area contributed by atoms with Crippen LogP contribution in [0.1, 0.15) is 36.0 Å². The van der Waals surface area contributed by atoms with Crippen LogP contribution in [0.3, 0.4) is 0 Å². The fraction of sp³-hybridized carbons (Fsp3) is 0.433. The molecule has 1 aliphatic heterocycles. The van der Waals surface area contributed by atoms with Gasteiger partial charge in [0, 0.05) is 18.8 Å². The molecule has 14 heteroatoms. The normalized spacial score (nSPS) is 17.0. The van der Waals surface area contributed by atoms with Gasteiger partial charge in [0.2, 0.25) is 23.6 Å². The Bertz CT molecular complexity index is 1340. The first kappa shape index (κ1) is 33.9. The third kappa shape index (κ3) is 11.2. The van der Waals surface area contributed by atoms with E-state index in [-0.39, 0.29) is 31.0 Å². The maximum Gasteiger partial charge on any atom is 0.406 e. The highest BCUT2D eigenvalue weighted by Crippen LogP contribution is 2.20. The minimum Gasteiger partial charge on any atom is -0.370 e. The zero-order valence-corrected chi connectivity index (χ0v) is 24.5. The predicted molar refractivity (Wildman–Crippen MR) is 159 cm³/mol. The highest BCUT2D eigenvalue weighted by Gasteiger charge is 2.36. The number of guanidine groups is 1. The Balaban J connectivity index is 1.96. The molecule has 0 fully saturated rings. The number of alkyl halides is 3. The van der Waals surface area contributed by atoms with E-state index in [4.69, 9.17) is 11.5 Å². The summed E-state index contributed by atoms with van der Waals surface area (Å²) in [7, 11) is 0. The minimum absolute atomic E-state index is 0.0110. The van der Waals surface area contributed by atoms with Gasteiger partial charge in [0.15, 0.2) is 5.96 Å². The molecule has 0 radical (unpaired) electrons. The van der Waals surface area contributed by atoms with Crippen molar-refractivity contribution in [1.29, 1.82) is 0 Å². The lowest BCUT2D eigenvalue weighted by Gasteiger charge is -2.31. The number of nitrogens with one attached hydrogen (secondary N) is 2. The highest BCUT2D eigenvalue weighted by atomic mass is 19.4. The molecule has 0 bridgehead atoms. The SMILES string of the molecule is Cc1ccc(CCN2CC(=O)N(CC(F)(F)F)CC(=O)Nc3ccccc3CC(=O)N[C@@H](CCCCN=C(N)N)C2=O)cc1. The fourth-order valence-corrected chi connectivity index (χ4v) is 4.72. The van der Waals surface area contributed by atoms with Gasteiger partial charge in [-0.2, -0.15) is 13.2 Å². The average molecular weight is 618 g/mol. The topological polar surface area (TPSA) is 163 Å². The number of amides is 4. The van der Waals surface area contributed by atoms with Crippen molar-refractivity contribution in [3.05, 3.63) is 65.2 Å². The number of anilines is 1. The Labute approximate surface area is 253 Å². The van der Waals surface area contributed by atoms with E-state index in [9.17, 15) is 32.3 Å². The van der Waals surface area contributed by atoms with Gasteiger partial charge in [-0.3, -0.25) is 24.2 Å². The lowest BCUT2D eigenvalue weighted by atomic mass is 10.0. The number of carbonyl (C=O) groups excluding carboxylic acids is 4. The molecular formula is C30H38F3N7O4. The van der Waals surface area contributed by atoms with E-state index in [2.05, 4.69) is 15.6 Å². The molecule has 1 atom stereocenters. The van der Waals surface area contributed by atoms with E-state index in [0.29, 0.717) is 36.3 Å². The van der Waals surface area contributed by atoms with Crippen LogP contribution in [0.25, 0.3) is 0 Å². The number of fused-ring (bicyclic) bond motifs is 1. The summed E-state index contributed by atoms with van der Waals surface area (Å²) in [5, 5.41) is 5.26. The van der Waals surface area contributed by atoms with Crippen LogP contribution in [0.2, 0.25) is 0 Å². The van der Waals surface area contributed by atoms with Gasteiger partial charge in [0.1, 0.15) is 19.1 Å². The average Bonchev–Trinajstić information content (AvgIpc) is 2.94. The van der Waals surface area contributed by atoms with E-state index < -0.39 is 55.5 Å². The van der Waals surface area contributed by atoms with Crippen LogP contribution in [0.4, 0.5) is 18.9 Å². The molecule has 3 rings (SSSR count). The zero-order valence-electron chi connectivity index (χ0n) is 24.5. The lowest BCUT2D eigenvalue weighted by molar-refractivity contribution is -0.163. The van der Waals surface area contributed by atoms with Gasteiger partial charge in [-0.1, -0.05) is 48.0 Å². The van der Waals surface area contributed by atoms with Crippen LogP contribution in [0.15, 0.2) is 53.5 Å². The van der Waals surface area contributed by atoms with Crippen molar-refractivity contribution >= 4 is 35.3 Å². The van der Waals surface area contributed by atoms with Gasteiger partial charge in [-0.05, 0) is 49.8 Å². The second kappa shape index (κ2) is 15.7. The molecule has 0 aromatic heterocycles. The molecule has 2 aromatic rings. The van der Waals surface area contributed by atoms with E-state index in [1.54, 1.807) is 18.2 Å². The molecule has 11 nitrogen and oxygen atoms in total. The number of benzene rings is 2.